The normalized spacial score (nSPS) is 18.0. The SMILES string of the molecule is CC(C)C(=O)N1CCC(Cc2ccc(CCC(=O)NCC3CC3)cc2)CC1. The van der Waals surface area contributed by atoms with Crippen molar-refractivity contribution >= 4 is 11.8 Å². The Kier molecular flexibility index (Phi) is 6.92. The summed E-state index contributed by atoms with van der Waals surface area (Å²) in [6.45, 7) is 6.62. The number of benzene rings is 1. The van der Waals surface area contributed by atoms with Crippen LogP contribution in [0, 0.1) is 17.8 Å². The molecule has 4 heteroatoms. The third kappa shape index (κ3) is 6.37. The van der Waals surface area contributed by atoms with Crippen LogP contribution in [-0.2, 0) is 22.4 Å². The van der Waals surface area contributed by atoms with Crippen LogP contribution in [0.2, 0.25) is 0 Å². The largest absolute Gasteiger partial charge is 0.356 e. The molecule has 0 radical (unpaired) electrons. The summed E-state index contributed by atoms with van der Waals surface area (Å²) in [6.07, 6.45) is 7.22. The van der Waals surface area contributed by atoms with E-state index < -0.39 is 0 Å². The van der Waals surface area contributed by atoms with Crippen LogP contribution in [0.3, 0.4) is 0 Å². The second kappa shape index (κ2) is 9.38. The summed E-state index contributed by atoms with van der Waals surface area (Å²) >= 11 is 0. The average molecular weight is 371 g/mol. The summed E-state index contributed by atoms with van der Waals surface area (Å²) in [4.78, 5) is 26.0. The predicted molar refractivity (Wildman–Crippen MR) is 108 cm³/mol. The van der Waals surface area contributed by atoms with Crippen LogP contribution in [-0.4, -0.2) is 36.3 Å². The zero-order valence-electron chi connectivity index (χ0n) is 16.9. The van der Waals surface area contributed by atoms with Gasteiger partial charge in [0.05, 0.1) is 0 Å². The lowest BCUT2D eigenvalue weighted by molar-refractivity contribution is -0.135. The zero-order chi connectivity index (χ0) is 19.2. The number of aryl methyl sites for hydroxylation is 1. The van der Waals surface area contributed by atoms with E-state index in [0.717, 1.165) is 51.2 Å². The number of rotatable bonds is 8. The van der Waals surface area contributed by atoms with E-state index in [2.05, 4.69) is 29.6 Å². The Bertz CT molecular complexity index is 626. The Morgan fingerprint density at radius 2 is 1.63 bits per heavy atom. The standard InChI is InChI=1S/C23H34N2O2/c1-17(2)23(27)25-13-11-20(12-14-25)15-19-5-3-18(4-6-19)9-10-22(26)24-16-21-7-8-21/h3-6,17,20-21H,7-16H2,1-2H3,(H,24,26). The number of hydrogen-bond acceptors (Lipinski definition) is 2. The van der Waals surface area contributed by atoms with Crippen molar-refractivity contribution in [2.24, 2.45) is 17.8 Å². The number of nitrogens with zero attached hydrogens (tertiary/aromatic N) is 1. The van der Waals surface area contributed by atoms with Crippen molar-refractivity contribution in [3.8, 4) is 0 Å². The number of nitrogens with one attached hydrogen (secondary N) is 1. The minimum Gasteiger partial charge on any atom is -0.356 e. The van der Waals surface area contributed by atoms with Crippen LogP contribution in [0.4, 0.5) is 0 Å². The number of piperidine rings is 1. The Hall–Kier alpha value is -1.84. The molecule has 0 aromatic heterocycles. The molecule has 0 unspecified atom stereocenters. The molecule has 1 saturated carbocycles. The van der Waals surface area contributed by atoms with Crippen LogP contribution >= 0.6 is 0 Å². The summed E-state index contributed by atoms with van der Waals surface area (Å²) in [6, 6.07) is 8.76. The second-order valence-corrected chi connectivity index (χ2v) is 8.69. The first-order valence-electron chi connectivity index (χ1n) is 10.6. The molecule has 2 fully saturated rings. The van der Waals surface area contributed by atoms with Crippen LogP contribution in [0.1, 0.15) is 57.1 Å². The molecule has 1 aromatic carbocycles. The highest BCUT2D eigenvalue weighted by atomic mass is 16.2. The van der Waals surface area contributed by atoms with E-state index in [1.165, 1.54) is 24.0 Å². The smallest absolute Gasteiger partial charge is 0.225 e. The molecule has 2 aliphatic rings. The van der Waals surface area contributed by atoms with Gasteiger partial charge in [-0.25, -0.2) is 0 Å². The molecule has 1 aliphatic carbocycles. The highest BCUT2D eigenvalue weighted by Crippen LogP contribution is 2.27. The summed E-state index contributed by atoms with van der Waals surface area (Å²) in [5.74, 6) is 1.97. The van der Waals surface area contributed by atoms with Crippen LogP contribution in [0.25, 0.3) is 0 Å². The van der Waals surface area contributed by atoms with Gasteiger partial charge < -0.3 is 10.2 Å². The summed E-state index contributed by atoms with van der Waals surface area (Å²) in [7, 11) is 0. The van der Waals surface area contributed by atoms with Crippen molar-refractivity contribution in [2.75, 3.05) is 19.6 Å². The van der Waals surface area contributed by atoms with E-state index in [4.69, 9.17) is 0 Å². The molecule has 1 N–H and O–H groups in total. The maximum absolute atomic E-state index is 12.1. The molecule has 2 amide bonds. The fraction of sp³-hybridized carbons (Fsp3) is 0.652. The molecule has 3 rings (SSSR count). The fourth-order valence-electron chi connectivity index (χ4n) is 3.82. The topological polar surface area (TPSA) is 49.4 Å². The number of carbonyl (C=O) groups is 2. The lowest BCUT2D eigenvalue weighted by atomic mass is 9.89. The quantitative estimate of drug-likeness (QED) is 0.760. The molecule has 1 saturated heterocycles. The lowest BCUT2D eigenvalue weighted by Crippen LogP contribution is -2.40. The first-order chi connectivity index (χ1) is 13.0. The van der Waals surface area contributed by atoms with Gasteiger partial charge in [0, 0.05) is 32.0 Å². The van der Waals surface area contributed by atoms with Gasteiger partial charge in [-0.3, -0.25) is 9.59 Å². The van der Waals surface area contributed by atoms with E-state index in [9.17, 15) is 9.59 Å². The van der Waals surface area contributed by atoms with Gasteiger partial charge in [0.15, 0.2) is 0 Å². The van der Waals surface area contributed by atoms with Gasteiger partial charge in [-0.05, 0) is 61.5 Å². The summed E-state index contributed by atoms with van der Waals surface area (Å²) in [5.41, 5.74) is 2.60. The molecule has 0 spiro atoms. The van der Waals surface area contributed by atoms with Crippen molar-refractivity contribution in [1.82, 2.24) is 10.2 Å². The Morgan fingerprint density at radius 3 is 2.22 bits per heavy atom. The van der Waals surface area contributed by atoms with Crippen molar-refractivity contribution in [1.29, 1.82) is 0 Å². The molecular weight excluding hydrogens is 336 g/mol. The van der Waals surface area contributed by atoms with Crippen molar-refractivity contribution in [2.45, 2.75) is 58.8 Å². The van der Waals surface area contributed by atoms with Crippen molar-refractivity contribution < 1.29 is 9.59 Å². The average Bonchev–Trinajstić information content (AvgIpc) is 3.50. The van der Waals surface area contributed by atoms with Crippen molar-refractivity contribution in [3.63, 3.8) is 0 Å². The third-order valence-electron chi connectivity index (χ3n) is 5.89. The minimum absolute atomic E-state index is 0.102. The third-order valence-corrected chi connectivity index (χ3v) is 5.89. The van der Waals surface area contributed by atoms with Gasteiger partial charge in [-0.2, -0.15) is 0 Å². The van der Waals surface area contributed by atoms with Gasteiger partial charge in [0.2, 0.25) is 11.8 Å². The lowest BCUT2D eigenvalue weighted by Gasteiger charge is -2.33. The first kappa shape index (κ1) is 19.9. The van der Waals surface area contributed by atoms with Gasteiger partial charge in [0.25, 0.3) is 0 Å². The van der Waals surface area contributed by atoms with Crippen molar-refractivity contribution in [3.05, 3.63) is 35.4 Å². The highest BCUT2D eigenvalue weighted by molar-refractivity contribution is 5.78. The van der Waals surface area contributed by atoms with Gasteiger partial charge in [-0.1, -0.05) is 38.1 Å². The van der Waals surface area contributed by atoms with Gasteiger partial charge in [-0.15, -0.1) is 0 Å². The number of carbonyl (C=O) groups excluding carboxylic acids is 2. The number of likely N-dealkylation sites (tertiary alicyclic amines) is 1. The second-order valence-electron chi connectivity index (χ2n) is 8.69. The van der Waals surface area contributed by atoms with E-state index >= 15 is 0 Å². The molecule has 1 aliphatic heterocycles. The Balaban J connectivity index is 1.37. The Labute approximate surface area is 163 Å². The van der Waals surface area contributed by atoms with Gasteiger partial charge in [0.1, 0.15) is 0 Å². The first-order valence-corrected chi connectivity index (χ1v) is 10.6. The molecule has 0 atom stereocenters. The number of hydrogen-bond donors (Lipinski definition) is 1. The zero-order valence-corrected chi connectivity index (χ0v) is 16.9. The molecule has 0 bridgehead atoms. The van der Waals surface area contributed by atoms with E-state index in [0.29, 0.717) is 18.2 Å². The maximum Gasteiger partial charge on any atom is 0.225 e. The van der Waals surface area contributed by atoms with Crippen LogP contribution in [0.15, 0.2) is 24.3 Å². The fourth-order valence-corrected chi connectivity index (χ4v) is 3.82. The predicted octanol–water partition coefficient (Wildman–Crippen LogP) is 3.58. The van der Waals surface area contributed by atoms with Crippen LogP contribution in [0.5, 0.6) is 0 Å². The van der Waals surface area contributed by atoms with E-state index in [-0.39, 0.29) is 11.8 Å². The number of amides is 2. The Morgan fingerprint density at radius 1 is 1.00 bits per heavy atom. The van der Waals surface area contributed by atoms with Crippen LogP contribution < -0.4 is 5.32 Å². The molecule has 4 nitrogen and oxygen atoms in total. The van der Waals surface area contributed by atoms with Gasteiger partial charge >= 0.3 is 0 Å². The highest BCUT2D eigenvalue weighted by Gasteiger charge is 2.24. The molecule has 1 heterocycles. The molecular formula is C23H34N2O2. The molecule has 1 aromatic rings. The minimum atomic E-state index is 0.102. The summed E-state index contributed by atoms with van der Waals surface area (Å²) in [5, 5.41) is 3.03. The monoisotopic (exact) mass is 370 g/mol. The maximum atomic E-state index is 12.1. The van der Waals surface area contributed by atoms with E-state index in [1.54, 1.807) is 0 Å². The molecule has 27 heavy (non-hydrogen) atoms. The molecule has 148 valence electrons. The van der Waals surface area contributed by atoms with E-state index in [1.807, 2.05) is 18.7 Å². The summed E-state index contributed by atoms with van der Waals surface area (Å²) < 4.78 is 0.